The van der Waals surface area contributed by atoms with E-state index >= 15 is 0 Å². The number of hydrogen-bond acceptors (Lipinski definition) is 4. The molecule has 2 amide bonds. The average molecular weight is 338 g/mol. The Morgan fingerprint density at radius 1 is 0.960 bits per heavy atom. The van der Waals surface area contributed by atoms with Crippen LogP contribution in [0.5, 0.6) is 11.5 Å². The van der Waals surface area contributed by atoms with Crippen molar-refractivity contribution in [3.05, 3.63) is 48.0 Å². The third kappa shape index (κ3) is 3.28. The van der Waals surface area contributed by atoms with E-state index in [0.29, 0.717) is 34.4 Å². The summed E-state index contributed by atoms with van der Waals surface area (Å²) >= 11 is 0. The molecule has 1 aliphatic carbocycles. The summed E-state index contributed by atoms with van der Waals surface area (Å²) in [5, 5.41) is 5.70. The fourth-order valence-electron chi connectivity index (χ4n) is 2.80. The smallest absolute Gasteiger partial charge is 0.255 e. The molecule has 0 saturated heterocycles. The van der Waals surface area contributed by atoms with Crippen molar-refractivity contribution in [3.63, 3.8) is 0 Å². The monoisotopic (exact) mass is 338 g/mol. The van der Waals surface area contributed by atoms with Gasteiger partial charge in [0, 0.05) is 28.9 Å². The van der Waals surface area contributed by atoms with Gasteiger partial charge in [0.2, 0.25) is 12.7 Å². The second-order valence-electron chi connectivity index (χ2n) is 6.41. The van der Waals surface area contributed by atoms with Crippen molar-refractivity contribution in [1.82, 2.24) is 0 Å². The van der Waals surface area contributed by atoms with Crippen molar-refractivity contribution >= 4 is 23.2 Å². The summed E-state index contributed by atoms with van der Waals surface area (Å²) in [7, 11) is 0. The van der Waals surface area contributed by atoms with Gasteiger partial charge in [-0.15, -0.1) is 0 Å². The van der Waals surface area contributed by atoms with Gasteiger partial charge in [0.1, 0.15) is 0 Å². The summed E-state index contributed by atoms with van der Waals surface area (Å²) in [6.45, 7) is 2.26. The molecular formula is C19H18N2O4. The van der Waals surface area contributed by atoms with Crippen LogP contribution in [0.1, 0.15) is 23.7 Å². The summed E-state index contributed by atoms with van der Waals surface area (Å²) in [6, 6.07) is 12.1. The molecule has 2 N–H and O–H groups in total. The van der Waals surface area contributed by atoms with Crippen LogP contribution < -0.4 is 20.1 Å². The highest BCUT2D eigenvalue weighted by Crippen LogP contribution is 2.38. The van der Waals surface area contributed by atoms with Crippen LogP contribution in [-0.2, 0) is 4.79 Å². The van der Waals surface area contributed by atoms with E-state index < -0.39 is 0 Å². The number of carbonyl (C=O) groups excluding carboxylic acids is 2. The van der Waals surface area contributed by atoms with Gasteiger partial charge in [0.25, 0.3) is 5.91 Å². The molecule has 2 aromatic rings. The van der Waals surface area contributed by atoms with Crippen LogP contribution in [0.2, 0.25) is 0 Å². The van der Waals surface area contributed by atoms with Crippen LogP contribution in [0.3, 0.4) is 0 Å². The maximum atomic E-state index is 12.3. The van der Waals surface area contributed by atoms with Crippen molar-refractivity contribution in [2.24, 2.45) is 11.8 Å². The molecule has 2 atom stereocenters. The number of carbonyl (C=O) groups is 2. The molecule has 2 aromatic carbocycles. The number of hydrogen-bond donors (Lipinski definition) is 2. The van der Waals surface area contributed by atoms with Crippen molar-refractivity contribution in [2.45, 2.75) is 13.3 Å². The maximum absolute atomic E-state index is 12.3. The van der Waals surface area contributed by atoms with Gasteiger partial charge in [0.05, 0.1) is 0 Å². The Morgan fingerprint density at radius 2 is 1.64 bits per heavy atom. The van der Waals surface area contributed by atoms with Crippen LogP contribution in [-0.4, -0.2) is 18.6 Å². The molecule has 6 nitrogen and oxygen atoms in total. The maximum Gasteiger partial charge on any atom is 0.255 e. The molecule has 2 aliphatic rings. The zero-order valence-electron chi connectivity index (χ0n) is 13.7. The van der Waals surface area contributed by atoms with Gasteiger partial charge in [-0.2, -0.15) is 0 Å². The number of amides is 2. The lowest BCUT2D eigenvalue weighted by Crippen LogP contribution is -2.15. The minimum absolute atomic E-state index is 0.0464. The molecule has 25 heavy (non-hydrogen) atoms. The molecule has 1 aliphatic heterocycles. The van der Waals surface area contributed by atoms with Crippen molar-refractivity contribution in [3.8, 4) is 11.5 Å². The zero-order valence-corrected chi connectivity index (χ0v) is 13.7. The molecule has 2 unspecified atom stereocenters. The first-order chi connectivity index (χ1) is 12.1. The van der Waals surface area contributed by atoms with Gasteiger partial charge < -0.3 is 20.1 Å². The van der Waals surface area contributed by atoms with Crippen molar-refractivity contribution in [1.29, 1.82) is 0 Å². The zero-order chi connectivity index (χ0) is 17.4. The summed E-state index contributed by atoms with van der Waals surface area (Å²) in [4.78, 5) is 24.3. The lowest BCUT2D eigenvalue weighted by atomic mass is 10.1. The van der Waals surface area contributed by atoms with E-state index in [1.807, 2.05) is 0 Å². The van der Waals surface area contributed by atoms with E-state index in [4.69, 9.17) is 9.47 Å². The standard InChI is InChI=1S/C19H18N2O4/c1-11-8-15(11)19(23)20-13-4-2-12(3-5-13)18(22)21-14-6-7-16-17(9-14)25-10-24-16/h2-7,9,11,15H,8,10H2,1H3,(H,20,23)(H,21,22). The normalized spacial score (nSPS) is 20.0. The summed E-state index contributed by atoms with van der Waals surface area (Å²) in [6.07, 6.45) is 0.946. The van der Waals surface area contributed by atoms with E-state index in [2.05, 4.69) is 17.6 Å². The third-order valence-corrected chi connectivity index (χ3v) is 4.49. The van der Waals surface area contributed by atoms with E-state index in [1.165, 1.54) is 0 Å². The largest absolute Gasteiger partial charge is 0.454 e. The highest BCUT2D eigenvalue weighted by atomic mass is 16.7. The second-order valence-corrected chi connectivity index (χ2v) is 6.41. The molecule has 1 heterocycles. The van der Waals surface area contributed by atoms with Crippen LogP contribution in [0.4, 0.5) is 11.4 Å². The van der Waals surface area contributed by atoms with Gasteiger partial charge in [-0.25, -0.2) is 0 Å². The Balaban J connectivity index is 1.39. The SMILES string of the molecule is CC1CC1C(=O)Nc1ccc(C(=O)Nc2ccc3c(c2)OCO3)cc1. The predicted octanol–water partition coefficient (Wildman–Crippen LogP) is 3.26. The first-order valence-electron chi connectivity index (χ1n) is 8.22. The minimum Gasteiger partial charge on any atom is -0.454 e. The molecule has 1 saturated carbocycles. The fraction of sp³-hybridized carbons (Fsp3) is 0.263. The molecule has 0 bridgehead atoms. The number of ether oxygens (including phenoxy) is 2. The fourth-order valence-corrected chi connectivity index (χ4v) is 2.80. The van der Waals surface area contributed by atoms with E-state index in [1.54, 1.807) is 42.5 Å². The second kappa shape index (κ2) is 6.12. The van der Waals surface area contributed by atoms with Gasteiger partial charge in [0.15, 0.2) is 11.5 Å². The number of nitrogens with one attached hydrogen (secondary N) is 2. The first-order valence-corrected chi connectivity index (χ1v) is 8.22. The van der Waals surface area contributed by atoms with Gasteiger partial charge >= 0.3 is 0 Å². The number of fused-ring (bicyclic) bond motifs is 1. The molecule has 1 fully saturated rings. The predicted molar refractivity (Wildman–Crippen MR) is 92.9 cm³/mol. The van der Waals surface area contributed by atoms with E-state index in [9.17, 15) is 9.59 Å². The summed E-state index contributed by atoms with van der Waals surface area (Å²) in [5.74, 6) is 1.69. The van der Waals surface area contributed by atoms with Crippen molar-refractivity contribution in [2.75, 3.05) is 17.4 Å². The lowest BCUT2D eigenvalue weighted by molar-refractivity contribution is -0.117. The molecule has 0 aromatic heterocycles. The highest BCUT2D eigenvalue weighted by molar-refractivity contribution is 6.05. The number of anilines is 2. The summed E-state index contributed by atoms with van der Waals surface area (Å²) < 4.78 is 10.5. The molecule has 6 heteroatoms. The number of rotatable bonds is 4. The molecule has 128 valence electrons. The Hall–Kier alpha value is -3.02. The van der Waals surface area contributed by atoms with Crippen LogP contribution in [0, 0.1) is 11.8 Å². The molecule has 4 rings (SSSR count). The Labute approximate surface area is 145 Å². The molecule has 0 radical (unpaired) electrons. The van der Waals surface area contributed by atoms with Gasteiger partial charge in [-0.1, -0.05) is 6.92 Å². The molecular weight excluding hydrogens is 320 g/mol. The Bertz CT molecular complexity index is 832. The van der Waals surface area contributed by atoms with Gasteiger partial charge in [-0.3, -0.25) is 9.59 Å². The van der Waals surface area contributed by atoms with Crippen LogP contribution in [0.15, 0.2) is 42.5 Å². The average Bonchev–Trinajstić information content (AvgIpc) is 3.16. The Kier molecular flexibility index (Phi) is 3.80. The topological polar surface area (TPSA) is 76.7 Å². The first kappa shape index (κ1) is 15.5. The lowest BCUT2D eigenvalue weighted by Gasteiger charge is -2.08. The minimum atomic E-state index is -0.229. The highest BCUT2D eigenvalue weighted by Gasteiger charge is 2.39. The van der Waals surface area contributed by atoms with Gasteiger partial charge in [-0.05, 0) is 48.7 Å². The van der Waals surface area contributed by atoms with E-state index in [-0.39, 0.29) is 24.5 Å². The van der Waals surface area contributed by atoms with E-state index in [0.717, 1.165) is 6.42 Å². The Morgan fingerprint density at radius 3 is 2.36 bits per heavy atom. The van der Waals surface area contributed by atoms with Crippen molar-refractivity contribution < 1.29 is 19.1 Å². The number of benzene rings is 2. The summed E-state index contributed by atoms with van der Waals surface area (Å²) in [5.41, 5.74) is 1.84. The quantitative estimate of drug-likeness (QED) is 0.897. The third-order valence-electron chi connectivity index (χ3n) is 4.49. The van der Waals surface area contributed by atoms with Crippen LogP contribution >= 0.6 is 0 Å². The molecule has 0 spiro atoms. The van der Waals surface area contributed by atoms with Crippen LogP contribution in [0.25, 0.3) is 0 Å².